The van der Waals surface area contributed by atoms with Gasteiger partial charge >= 0.3 is 0 Å². The van der Waals surface area contributed by atoms with Gasteiger partial charge in [-0.2, -0.15) is 0 Å². The summed E-state index contributed by atoms with van der Waals surface area (Å²) in [5.74, 6) is 0.00234. The van der Waals surface area contributed by atoms with E-state index in [-0.39, 0.29) is 5.91 Å². The van der Waals surface area contributed by atoms with Gasteiger partial charge < -0.3 is 10.6 Å². The lowest BCUT2D eigenvalue weighted by Crippen LogP contribution is -2.26. The molecule has 0 aliphatic rings. The van der Waals surface area contributed by atoms with Crippen molar-refractivity contribution in [1.82, 2.24) is 4.90 Å². The van der Waals surface area contributed by atoms with Gasteiger partial charge in [-0.05, 0) is 42.3 Å². The van der Waals surface area contributed by atoms with Gasteiger partial charge in [-0.25, -0.2) is 0 Å². The number of benzene rings is 2. The SMILES string of the molecule is Cc1ccc(C(=O)N(C)Cc2ccc(N)cc2)cc1Br. The third kappa shape index (κ3) is 3.39. The van der Waals surface area contributed by atoms with Gasteiger partial charge in [0.15, 0.2) is 0 Å². The minimum Gasteiger partial charge on any atom is -0.399 e. The van der Waals surface area contributed by atoms with Crippen LogP contribution in [0.5, 0.6) is 0 Å². The van der Waals surface area contributed by atoms with Gasteiger partial charge in [-0.3, -0.25) is 4.79 Å². The molecular weight excluding hydrogens is 316 g/mol. The number of carbonyl (C=O) groups excluding carboxylic acids is 1. The molecule has 2 rings (SSSR count). The lowest BCUT2D eigenvalue weighted by atomic mass is 10.1. The molecule has 3 nitrogen and oxygen atoms in total. The fourth-order valence-corrected chi connectivity index (χ4v) is 2.29. The van der Waals surface area contributed by atoms with Gasteiger partial charge in [0.2, 0.25) is 0 Å². The van der Waals surface area contributed by atoms with Crippen LogP contribution in [0.1, 0.15) is 21.5 Å². The maximum Gasteiger partial charge on any atom is 0.253 e. The summed E-state index contributed by atoms with van der Waals surface area (Å²) in [5.41, 5.74) is 9.23. The topological polar surface area (TPSA) is 46.3 Å². The van der Waals surface area contributed by atoms with E-state index < -0.39 is 0 Å². The molecule has 2 aromatic carbocycles. The highest BCUT2D eigenvalue weighted by molar-refractivity contribution is 9.10. The molecule has 0 heterocycles. The van der Waals surface area contributed by atoms with E-state index in [1.54, 1.807) is 11.9 Å². The summed E-state index contributed by atoms with van der Waals surface area (Å²) in [6.45, 7) is 2.56. The predicted molar refractivity (Wildman–Crippen MR) is 85.5 cm³/mol. The number of nitrogens with zero attached hydrogens (tertiary/aromatic N) is 1. The van der Waals surface area contributed by atoms with Crippen molar-refractivity contribution in [3.8, 4) is 0 Å². The molecule has 0 atom stereocenters. The first-order valence-corrected chi connectivity index (χ1v) is 7.12. The number of nitrogen functional groups attached to an aromatic ring is 1. The Balaban J connectivity index is 2.11. The van der Waals surface area contributed by atoms with E-state index in [0.29, 0.717) is 12.1 Å². The van der Waals surface area contributed by atoms with E-state index in [4.69, 9.17) is 5.73 Å². The largest absolute Gasteiger partial charge is 0.399 e. The molecule has 0 saturated carbocycles. The van der Waals surface area contributed by atoms with Gasteiger partial charge in [0.25, 0.3) is 5.91 Å². The second kappa shape index (κ2) is 6.09. The molecule has 2 aromatic rings. The number of carbonyl (C=O) groups is 1. The summed E-state index contributed by atoms with van der Waals surface area (Å²) in [6, 6.07) is 13.2. The van der Waals surface area contributed by atoms with E-state index >= 15 is 0 Å². The number of nitrogens with two attached hydrogens (primary N) is 1. The molecule has 0 aliphatic carbocycles. The summed E-state index contributed by atoms with van der Waals surface area (Å²) in [6.07, 6.45) is 0. The lowest BCUT2D eigenvalue weighted by molar-refractivity contribution is 0.0785. The van der Waals surface area contributed by atoms with Crippen LogP contribution in [0, 0.1) is 6.92 Å². The normalized spacial score (nSPS) is 10.3. The highest BCUT2D eigenvalue weighted by Gasteiger charge is 2.12. The molecule has 0 fully saturated rings. The van der Waals surface area contributed by atoms with Crippen LogP contribution in [0.15, 0.2) is 46.9 Å². The lowest BCUT2D eigenvalue weighted by Gasteiger charge is -2.18. The predicted octanol–water partition coefficient (Wildman–Crippen LogP) is 3.61. The first-order chi connectivity index (χ1) is 9.47. The van der Waals surface area contributed by atoms with Gasteiger partial charge in [0, 0.05) is 29.3 Å². The van der Waals surface area contributed by atoms with Crippen LogP contribution < -0.4 is 5.73 Å². The van der Waals surface area contributed by atoms with Crippen LogP contribution in [0.25, 0.3) is 0 Å². The van der Waals surface area contributed by atoms with Crippen LogP contribution in [0.4, 0.5) is 5.69 Å². The third-order valence-electron chi connectivity index (χ3n) is 3.16. The number of rotatable bonds is 3. The summed E-state index contributed by atoms with van der Waals surface area (Å²) in [4.78, 5) is 14.1. The van der Waals surface area contributed by atoms with Gasteiger partial charge in [-0.1, -0.05) is 34.1 Å². The zero-order chi connectivity index (χ0) is 14.7. The number of amides is 1. The molecule has 20 heavy (non-hydrogen) atoms. The van der Waals surface area contributed by atoms with Crippen LogP contribution in [-0.2, 0) is 6.54 Å². The Morgan fingerprint density at radius 3 is 2.45 bits per heavy atom. The van der Waals surface area contributed by atoms with E-state index in [1.807, 2.05) is 49.4 Å². The van der Waals surface area contributed by atoms with Crippen molar-refractivity contribution in [1.29, 1.82) is 0 Å². The highest BCUT2D eigenvalue weighted by Crippen LogP contribution is 2.19. The first-order valence-electron chi connectivity index (χ1n) is 6.33. The fraction of sp³-hybridized carbons (Fsp3) is 0.188. The average molecular weight is 333 g/mol. The Hall–Kier alpha value is -1.81. The monoisotopic (exact) mass is 332 g/mol. The maximum atomic E-state index is 12.4. The molecule has 0 unspecified atom stereocenters. The van der Waals surface area contributed by atoms with E-state index in [9.17, 15) is 4.79 Å². The Morgan fingerprint density at radius 1 is 1.20 bits per heavy atom. The quantitative estimate of drug-likeness (QED) is 0.872. The van der Waals surface area contributed by atoms with Crippen molar-refractivity contribution < 1.29 is 4.79 Å². The van der Waals surface area contributed by atoms with Crippen LogP contribution in [0.2, 0.25) is 0 Å². The molecule has 0 bridgehead atoms. The third-order valence-corrected chi connectivity index (χ3v) is 4.02. The number of aryl methyl sites for hydroxylation is 1. The molecule has 4 heteroatoms. The number of hydrogen-bond acceptors (Lipinski definition) is 2. The molecule has 0 spiro atoms. The Labute approximate surface area is 127 Å². The molecular formula is C16H17BrN2O. The standard InChI is InChI=1S/C16H17BrN2O/c1-11-3-6-13(9-15(11)17)16(20)19(2)10-12-4-7-14(18)8-5-12/h3-9H,10,18H2,1-2H3. The van der Waals surface area contributed by atoms with Crippen molar-refractivity contribution in [3.63, 3.8) is 0 Å². The van der Waals surface area contributed by atoms with Crippen molar-refractivity contribution in [2.45, 2.75) is 13.5 Å². The van der Waals surface area contributed by atoms with Crippen molar-refractivity contribution in [2.75, 3.05) is 12.8 Å². The van der Waals surface area contributed by atoms with Crippen LogP contribution >= 0.6 is 15.9 Å². The van der Waals surface area contributed by atoms with E-state index in [2.05, 4.69) is 15.9 Å². The molecule has 0 radical (unpaired) electrons. The molecule has 0 aromatic heterocycles. The first kappa shape index (κ1) is 14.6. The van der Waals surface area contributed by atoms with E-state index in [0.717, 1.165) is 21.3 Å². The molecule has 2 N–H and O–H groups in total. The van der Waals surface area contributed by atoms with Crippen LogP contribution in [0.3, 0.4) is 0 Å². The number of anilines is 1. The zero-order valence-corrected chi connectivity index (χ0v) is 13.1. The molecule has 0 aliphatic heterocycles. The van der Waals surface area contributed by atoms with Gasteiger partial charge in [0.1, 0.15) is 0 Å². The minimum absolute atomic E-state index is 0.00234. The van der Waals surface area contributed by atoms with E-state index in [1.165, 1.54) is 0 Å². The van der Waals surface area contributed by atoms with Gasteiger partial charge in [-0.15, -0.1) is 0 Å². The molecule has 0 saturated heterocycles. The van der Waals surface area contributed by atoms with Gasteiger partial charge in [0.05, 0.1) is 0 Å². The zero-order valence-electron chi connectivity index (χ0n) is 11.6. The van der Waals surface area contributed by atoms with Crippen LogP contribution in [-0.4, -0.2) is 17.9 Å². The second-order valence-electron chi connectivity index (χ2n) is 4.87. The number of hydrogen-bond donors (Lipinski definition) is 1. The smallest absolute Gasteiger partial charge is 0.253 e. The Bertz CT molecular complexity index is 623. The fourth-order valence-electron chi connectivity index (χ4n) is 1.91. The summed E-state index contributed by atoms with van der Waals surface area (Å²) in [5, 5.41) is 0. The van der Waals surface area contributed by atoms with Crippen molar-refractivity contribution in [2.24, 2.45) is 0 Å². The summed E-state index contributed by atoms with van der Waals surface area (Å²) < 4.78 is 0.948. The maximum absolute atomic E-state index is 12.4. The molecule has 1 amide bonds. The highest BCUT2D eigenvalue weighted by atomic mass is 79.9. The Morgan fingerprint density at radius 2 is 1.85 bits per heavy atom. The van der Waals surface area contributed by atoms with Crippen molar-refractivity contribution in [3.05, 3.63) is 63.6 Å². The second-order valence-corrected chi connectivity index (χ2v) is 5.72. The Kier molecular flexibility index (Phi) is 4.45. The van der Waals surface area contributed by atoms with Crippen molar-refractivity contribution >= 4 is 27.5 Å². The average Bonchev–Trinajstić information content (AvgIpc) is 2.43. The number of halogens is 1. The molecule has 104 valence electrons. The minimum atomic E-state index is 0.00234. The summed E-state index contributed by atoms with van der Waals surface area (Å²) >= 11 is 3.45. The summed E-state index contributed by atoms with van der Waals surface area (Å²) in [7, 11) is 1.80.